The van der Waals surface area contributed by atoms with E-state index in [1.54, 1.807) is 13.1 Å². The van der Waals surface area contributed by atoms with E-state index in [1.165, 1.54) is 44.3 Å². The molecular weight excluding hydrogens is 250 g/mol. The Hall–Kier alpha value is -1.79. The van der Waals surface area contributed by atoms with Gasteiger partial charge in [-0.2, -0.15) is 0 Å². The fraction of sp³-hybridized carbons (Fsp3) is 0.471. The maximum Gasteiger partial charge on any atom is 0.278 e. The van der Waals surface area contributed by atoms with Gasteiger partial charge in [-0.05, 0) is 25.0 Å². The van der Waals surface area contributed by atoms with Crippen molar-refractivity contribution in [1.82, 2.24) is 5.06 Å². The average molecular weight is 271 g/mol. The summed E-state index contributed by atoms with van der Waals surface area (Å²) in [6.45, 7) is 0. The molecule has 3 nitrogen and oxygen atoms in total. The zero-order chi connectivity index (χ0) is 14.4. The Morgan fingerprint density at radius 3 is 2.65 bits per heavy atom. The largest absolute Gasteiger partial charge is 0.278 e. The number of nitrogens with zero attached hydrogens (tertiary/aromatic N) is 1. The number of carbonyl (C=O) groups excluding carboxylic acids is 1. The molecule has 1 aliphatic rings. The molecule has 1 aromatic carbocycles. The summed E-state index contributed by atoms with van der Waals surface area (Å²) in [5.74, 6) is 6.83. The van der Waals surface area contributed by atoms with E-state index in [-0.39, 0.29) is 5.91 Å². The molecule has 0 unspecified atom stereocenters. The summed E-state index contributed by atoms with van der Waals surface area (Å²) >= 11 is 0. The molecule has 3 heteroatoms. The SMILES string of the molecule is CON(C)C(=O)c1ccccc1C#CC1CCCCC1. The van der Waals surface area contributed by atoms with Crippen molar-refractivity contribution in [2.24, 2.45) is 5.92 Å². The molecule has 1 saturated carbocycles. The maximum absolute atomic E-state index is 12.2. The van der Waals surface area contributed by atoms with Crippen LogP contribution in [0.2, 0.25) is 0 Å². The average Bonchev–Trinajstić information content (AvgIpc) is 2.52. The number of rotatable bonds is 2. The third kappa shape index (κ3) is 3.61. The lowest BCUT2D eigenvalue weighted by Gasteiger charge is -2.16. The number of benzene rings is 1. The minimum absolute atomic E-state index is 0.166. The van der Waals surface area contributed by atoms with Crippen LogP contribution in [-0.2, 0) is 4.84 Å². The molecule has 1 aliphatic carbocycles. The van der Waals surface area contributed by atoms with E-state index in [0.717, 1.165) is 5.56 Å². The predicted octanol–water partition coefficient (Wildman–Crippen LogP) is 3.25. The minimum Gasteiger partial charge on any atom is -0.274 e. The van der Waals surface area contributed by atoms with Crippen LogP contribution in [0, 0.1) is 17.8 Å². The van der Waals surface area contributed by atoms with Crippen LogP contribution in [-0.4, -0.2) is 25.1 Å². The van der Waals surface area contributed by atoms with Gasteiger partial charge in [0.25, 0.3) is 5.91 Å². The van der Waals surface area contributed by atoms with Gasteiger partial charge in [0.2, 0.25) is 0 Å². The Morgan fingerprint density at radius 2 is 1.95 bits per heavy atom. The molecule has 0 N–H and O–H groups in total. The molecule has 1 fully saturated rings. The Kier molecular flexibility index (Phi) is 5.20. The molecule has 0 atom stereocenters. The summed E-state index contributed by atoms with van der Waals surface area (Å²) in [6, 6.07) is 7.45. The molecule has 20 heavy (non-hydrogen) atoms. The van der Waals surface area contributed by atoms with Crippen molar-refractivity contribution in [3.63, 3.8) is 0 Å². The smallest absolute Gasteiger partial charge is 0.274 e. The molecular formula is C17H21NO2. The number of hydroxylamine groups is 2. The second-order valence-electron chi connectivity index (χ2n) is 5.14. The Bertz CT molecular complexity index is 521. The molecule has 106 valence electrons. The van der Waals surface area contributed by atoms with E-state index in [4.69, 9.17) is 4.84 Å². The normalized spacial score (nSPS) is 15.3. The number of carbonyl (C=O) groups is 1. The molecule has 0 aromatic heterocycles. The summed E-state index contributed by atoms with van der Waals surface area (Å²) in [5, 5.41) is 1.22. The second-order valence-corrected chi connectivity index (χ2v) is 5.14. The zero-order valence-corrected chi connectivity index (χ0v) is 12.2. The predicted molar refractivity (Wildman–Crippen MR) is 79.0 cm³/mol. The summed E-state index contributed by atoms with van der Waals surface area (Å²) in [7, 11) is 3.09. The first-order valence-electron chi connectivity index (χ1n) is 7.15. The fourth-order valence-corrected chi connectivity index (χ4v) is 2.46. The summed E-state index contributed by atoms with van der Waals surface area (Å²) in [4.78, 5) is 17.1. The highest BCUT2D eigenvalue weighted by atomic mass is 16.7. The van der Waals surface area contributed by atoms with Crippen LogP contribution in [0.5, 0.6) is 0 Å². The minimum atomic E-state index is -0.166. The first-order chi connectivity index (χ1) is 9.72. The van der Waals surface area contributed by atoms with Crippen LogP contribution in [0.1, 0.15) is 48.0 Å². The van der Waals surface area contributed by atoms with Crippen LogP contribution in [0.4, 0.5) is 0 Å². The first kappa shape index (κ1) is 14.6. The Morgan fingerprint density at radius 1 is 1.25 bits per heavy atom. The van der Waals surface area contributed by atoms with Crippen LogP contribution in [0.15, 0.2) is 24.3 Å². The van der Waals surface area contributed by atoms with Crippen molar-refractivity contribution in [1.29, 1.82) is 0 Å². The van der Waals surface area contributed by atoms with Gasteiger partial charge in [-0.25, -0.2) is 5.06 Å². The van der Waals surface area contributed by atoms with Gasteiger partial charge in [0.1, 0.15) is 0 Å². The molecule has 0 radical (unpaired) electrons. The summed E-state index contributed by atoms with van der Waals surface area (Å²) in [5.41, 5.74) is 1.38. The topological polar surface area (TPSA) is 29.5 Å². The van der Waals surface area contributed by atoms with Gasteiger partial charge >= 0.3 is 0 Å². The lowest BCUT2D eigenvalue weighted by atomic mass is 9.89. The molecule has 0 aliphatic heterocycles. The number of hydrogen-bond donors (Lipinski definition) is 0. The first-order valence-corrected chi connectivity index (χ1v) is 7.15. The van der Waals surface area contributed by atoms with Gasteiger partial charge < -0.3 is 0 Å². The van der Waals surface area contributed by atoms with Gasteiger partial charge in [0.05, 0.1) is 12.7 Å². The highest BCUT2D eigenvalue weighted by Gasteiger charge is 2.15. The van der Waals surface area contributed by atoms with E-state index >= 15 is 0 Å². The van der Waals surface area contributed by atoms with Crippen molar-refractivity contribution in [2.45, 2.75) is 32.1 Å². The van der Waals surface area contributed by atoms with E-state index in [1.807, 2.05) is 18.2 Å². The van der Waals surface area contributed by atoms with Gasteiger partial charge in [0, 0.05) is 18.5 Å². The van der Waals surface area contributed by atoms with E-state index in [9.17, 15) is 4.79 Å². The molecule has 1 aromatic rings. The summed E-state index contributed by atoms with van der Waals surface area (Å²) < 4.78 is 0. The third-order valence-corrected chi connectivity index (χ3v) is 3.73. The molecule has 1 amide bonds. The van der Waals surface area contributed by atoms with Gasteiger partial charge in [-0.15, -0.1) is 0 Å². The van der Waals surface area contributed by atoms with Gasteiger partial charge in [-0.3, -0.25) is 9.63 Å². The van der Waals surface area contributed by atoms with Gasteiger partial charge in [-0.1, -0.05) is 43.2 Å². The van der Waals surface area contributed by atoms with Crippen molar-refractivity contribution in [3.8, 4) is 11.8 Å². The molecule has 0 bridgehead atoms. The quantitative estimate of drug-likeness (QED) is 0.610. The zero-order valence-electron chi connectivity index (χ0n) is 12.2. The van der Waals surface area contributed by atoms with Crippen LogP contribution in [0.25, 0.3) is 0 Å². The lowest BCUT2D eigenvalue weighted by Crippen LogP contribution is -2.26. The fourth-order valence-electron chi connectivity index (χ4n) is 2.46. The highest BCUT2D eigenvalue weighted by Crippen LogP contribution is 2.23. The molecule has 0 heterocycles. The molecule has 0 saturated heterocycles. The lowest BCUT2D eigenvalue weighted by molar-refractivity contribution is -0.0757. The maximum atomic E-state index is 12.2. The van der Waals surface area contributed by atoms with E-state index < -0.39 is 0 Å². The van der Waals surface area contributed by atoms with Crippen molar-refractivity contribution in [2.75, 3.05) is 14.2 Å². The van der Waals surface area contributed by atoms with Crippen molar-refractivity contribution in [3.05, 3.63) is 35.4 Å². The van der Waals surface area contributed by atoms with E-state index in [0.29, 0.717) is 11.5 Å². The third-order valence-electron chi connectivity index (χ3n) is 3.73. The number of hydrogen-bond acceptors (Lipinski definition) is 2. The second kappa shape index (κ2) is 7.12. The highest BCUT2D eigenvalue weighted by molar-refractivity contribution is 5.95. The number of amides is 1. The van der Waals surface area contributed by atoms with Crippen molar-refractivity contribution >= 4 is 5.91 Å². The van der Waals surface area contributed by atoms with Gasteiger partial charge in [0.15, 0.2) is 0 Å². The Labute approximate surface area is 120 Å². The summed E-state index contributed by atoms with van der Waals surface area (Å²) in [6.07, 6.45) is 6.23. The monoisotopic (exact) mass is 271 g/mol. The van der Waals surface area contributed by atoms with Crippen molar-refractivity contribution < 1.29 is 9.63 Å². The van der Waals surface area contributed by atoms with Crippen LogP contribution >= 0.6 is 0 Å². The van der Waals surface area contributed by atoms with E-state index in [2.05, 4.69) is 11.8 Å². The van der Waals surface area contributed by atoms with Crippen LogP contribution < -0.4 is 0 Å². The molecule has 0 spiro atoms. The standard InChI is InChI=1S/C17H21NO2/c1-18(20-2)17(19)16-11-7-6-10-15(16)13-12-14-8-4-3-5-9-14/h6-7,10-11,14H,3-5,8-9H2,1-2H3. The molecule has 2 rings (SSSR count). The van der Waals surface area contributed by atoms with Crippen LogP contribution in [0.3, 0.4) is 0 Å². The Balaban J connectivity index is 2.19.